The molecule has 5 heteroatoms. The van der Waals surface area contributed by atoms with Crippen LogP contribution in [0, 0.1) is 0 Å². The zero-order valence-electron chi connectivity index (χ0n) is 13.0. The number of aryl methyl sites for hydroxylation is 2. The van der Waals surface area contributed by atoms with E-state index in [4.69, 9.17) is 0 Å². The van der Waals surface area contributed by atoms with Crippen LogP contribution >= 0.6 is 23.1 Å². The Bertz CT molecular complexity index is 1050. The first-order valence-electron chi connectivity index (χ1n) is 8.17. The molecule has 24 heavy (non-hydrogen) atoms. The Balaban J connectivity index is 1.68. The molecule has 0 radical (unpaired) electrons. The van der Waals surface area contributed by atoms with Gasteiger partial charge in [0.05, 0.1) is 5.52 Å². The van der Waals surface area contributed by atoms with Crippen LogP contribution in [0.2, 0.25) is 0 Å². The second-order valence-electron chi connectivity index (χ2n) is 6.00. The smallest absolute Gasteiger partial charge is 0.128 e. The average Bonchev–Trinajstić information content (AvgIpc) is 3.02. The Morgan fingerprint density at radius 2 is 1.88 bits per heavy atom. The summed E-state index contributed by atoms with van der Waals surface area (Å²) in [5.74, 6) is 0. The van der Waals surface area contributed by atoms with Crippen LogP contribution in [-0.2, 0) is 12.8 Å². The van der Waals surface area contributed by atoms with Crippen LogP contribution in [-0.4, -0.2) is 15.0 Å². The van der Waals surface area contributed by atoms with Crippen molar-refractivity contribution >= 4 is 44.2 Å². The maximum atomic E-state index is 4.62. The molecule has 0 saturated heterocycles. The van der Waals surface area contributed by atoms with Crippen molar-refractivity contribution in [3.8, 4) is 0 Å². The Labute approximate surface area is 148 Å². The first-order chi connectivity index (χ1) is 11.9. The summed E-state index contributed by atoms with van der Waals surface area (Å²) in [4.78, 5) is 17.5. The Kier molecular flexibility index (Phi) is 3.49. The quantitative estimate of drug-likeness (QED) is 0.462. The van der Waals surface area contributed by atoms with E-state index in [0.717, 1.165) is 26.7 Å². The van der Waals surface area contributed by atoms with Crippen molar-refractivity contribution in [3.05, 3.63) is 53.3 Å². The minimum Gasteiger partial charge on any atom is -0.255 e. The molecule has 0 saturated carbocycles. The van der Waals surface area contributed by atoms with E-state index >= 15 is 0 Å². The molecule has 1 aromatic carbocycles. The van der Waals surface area contributed by atoms with Crippen LogP contribution in [0.25, 0.3) is 21.1 Å². The molecule has 0 unspecified atom stereocenters. The van der Waals surface area contributed by atoms with Crippen LogP contribution in [0.15, 0.2) is 52.8 Å². The molecule has 3 heterocycles. The molecule has 0 amide bonds. The molecule has 0 N–H and O–H groups in total. The van der Waals surface area contributed by atoms with Gasteiger partial charge in [-0.05, 0) is 43.4 Å². The summed E-state index contributed by atoms with van der Waals surface area (Å²) in [5.41, 5.74) is 2.53. The van der Waals surface area contributed by atoms with E-state index in [0.29, 0.717) is 0 Å². The predicted molar refractivity (Wildman–Crippen MR) is 99.9 cm³/mol. The van der Waals surface area contributed by atoms with Crippen molar-refractivity contribution in [1.82, 2.24) is 15.0 Å². The van der Waals surface area contributed by atoms with Gasteiger partial charge in [-0.25, -0.2) is 9.97 Å². The molecular weight excluding hydrogens is 334 g/mol. The van der Waals surface area contributed by atoms with Crippen molar-refractivity contribution in [1.29, 1.82) is 0 Å². The summed E-state index contributed by atoms with van der Waals surface area (Å²) < 4.78 is 0. The third-order valence-corrected chi connectivity index (χ3v) is 6.77. The second kappa shape index (κ2) is 5.83. The molecule has 3 aromatic heterocycles. The first-order valence-corrected chi connectivity index (χ1v) is 9.80. The lowest BCUT2D eigenvalue weighted by molar-refractivity contribution is 0.699. The molecule has 3 nitrogen and oxygen atoms in total. The lowest BCUT2D eigenvalue weighted by Crippen LogP contribution is -1.99. The van der Waals surface area contributed by atoms with E-state index in [1.54, 1.807) is 18.1 Å². The number of nitrogens with zero attached hydrogens (tertiary/aromatic N) is 3. The number of rotatable bonds is 2. The van der Waals surface area contributed by atoms with Gasteiger partial charge in [0.15, 0.2) is 0 Å². The van der Waals surface area contributed by atoms with Gasteiger partial charge >= 0.3 is 0 Å². The minimum absolute atomic E-state index is 1.04. The van der Waals surface area contributed by atoms with E-state index in [9.17, 15) is 0 Å². The van der Waals surface area contributed by atoms with Crippen LogP contribution in [0.5, 0.6) is 0 Å². The highest BCUT2D eigenvalue weighted by Crippen LogP contribution is 2.41. The molecule has 118 valence electrons. The standard InChI is InChI=1S/C19H15N3S2/c1-2-8-14-13(7-1)16-18(23-14)21-11-22-19(16)24-15-9-3-5-12-6-4-10-20-17(12)15/h3-6,9-11H,1-2,7-8H2. The van der Waals surface area contributed by atoms with E-state index in [-0.39, 0.29) is 0 Å². The first kappa shape index (κ1) is 14.4. The van der Waals surface area contributed by atoms with E-state index in [1.165, 1.54) is 40.5 Å². The molecule has 0 atom stereocenters. The van der Waals surface area contributed by atoms with Crippen LogP contribution in [0.4, 0.5) is 0 Å². The summed E-state index contributed by atoms with van der Waals surface area (Å²) in [6, 6.07) is 10.4. The van der Waals surface area contributed by atoms with Crippen molar-refractivity contribution < 1.29 is 0 Å². The van der Waals surface area contributed by atoms with Gasteiger partial charge in [-0.3, -0.25) is 4.98 Å². The normalized spacial score (nSPS) is 14.2. The number of thiophene rings is 1. The van der Waals surface area contributed by atoms with Gasteiger partial charge < -0.3 is 0 Å². The maximum absolute atomic E-state index is 4.62. The summed E-state index contributed by atoms with van der Waals surface area (Å²) in [6.45, 7) is 0. The van der Waals surface area contributed by atoms with Gasteiger partial charge in [-0.2, -0.15) is 0 Å². The minimum atomic E-state index is 1.04. The van der Waals surface area contributed by atoms with Gasteiger partial charge in [0.25, 0.3) is 0 Å². The highest BCUT2D eigenvalue weighted by Gasteiger charge is 2.20. The van der Waals surface area contributed by atoms with Crippen LogP contribution in [0.3, 0.4) is 0 Å². The molecular formula is C19H15N3S2. The van der Waals surface area contributed by atoms with Gasteiger partial charge in [0.2, 0.25) is 0 Å². The number of benzene rings is 1. The molecule has 5 rings (SSSR count). The largest absolute Gasteiger partial charge is 0.255 e. The fourth-order valence-electron chi connectivity index (χ4n) is 3.40. The van der Waals surface area contributed by atoms with Crippen molar-refractivity contribution in [2.24, 2.45) is 0 Å². The number of fused-ring (bicyclic) bond motifs is 4. The molecule has 1 aliphatic rings. The van der Waals surface area contributed by atoms with Gasteiger partial charge in [0, 0.05) is 26.7 Å². The molecule has 0 aliphatic heterocycles. The van der Waals surface area contributed by atoms with Crippen molar-refractivity contribution in [3.63, 3.8) is 0 Å². The number of pyridine rings is 1. The lowest BCUT2D eigenvalue weighted by Gasteiger charge is -2.11. The number of aromatic nitrogens is 3. The number of hydrogen-bond acceptors (Lipinski definition) is 5. The highest BCUT2D eigenvalue weighted by molar-refractivity contribution is 7.99. The average molecular weight is 349 g/mol. The zero-order valence-corrected chi connectivity index (χ0v) is 14.7. The summed E-state index contributed by atoms with van der Waals surface area (Å²) in [6.07, 6.45) is 8.47. The van der Waals surface area contributed by atoms with E-state index in [2.05, 4.69) is 39.2 Å². The van der Waals surface area contributed by atoms with Crippen molar-refractivity contribution in [2.45, 2.75) is 35.6 Å². The van der Waals surface area contributed by atoms with Crippen LogP contribution < -0.4 is 0 Å². The van der Waals surface area contributed by atoms with E-state index < -0.39 is 0 Å². The number of para-hydroxylation sites is 1. The lowest BCUT2D eigenvalue weighted by atomic mass is 9.97. The topological polar surface area (TPSA) is 38.7 Å². The second-order valence-corrected chi connectivity index (χ2v) is 8.12. The molecule has 1 aliphatic carbocycles. The monoisotopic (exact) mass is 349 g/mol. The molecule has 0 fully saturated rings. The fraction of sp³-hybridized carbons (Fsp3) is 0.211. The number of hydrogen-bond donors (Lipinski definition) is 0. The Morgan fingerprint density at radius 3 is 2.88 bits per heavy atom. The van der Waals surface area contributed by atoms with Gasteiger partial charge in [-0.15, -0.1) is 11.3 Å². The van der Waals surface area contributed by atoms with Crippen LogP contribution in [0.1, 0.15) is 23.3 Å². The molecule has 0 spiro atoms. The zero-order chi connectivity index (χ0) is 15.9. The van der Waals surface area contributed by atoms with Gasteiger partial charge in [0.1, 0.15) is 16.2 Å². The SMILES string of the molecule is c1cnc2c(Sc3ncnc4sc5c(c34)CCCC5)cccc2c1. The highest BCUT2D eigenvalue weighted by atomic mass is 32.2. The van der Waals surface area contributed by atoms with E-state index in [1.807, 2.05) is 23.6 Å². The molecule has 4 aromatic rings. The fourth-order valence-corrected chi connectivity index (χ4v) is 5.74. The summed E-state index contributed by atoms with van der Waals surface area (Å²) in [5, 5.41) is 3.51. The third-order valence-electron chi connectivity index (χ3n) is 4.52. The van der Waals surface area contributed by atoms with Crippen molar-refractivity contribution in [2.75, 3.05) is 0 Å². The Morgan fingerprint density at radius 1 is 0.958 bits per heavy atom. The Hall–Kier alpha value is -1.98. The summed E-state index contributed by atoms with van der Waals surface area (Å²) >= 11 is 3.57. The third kappa shape index (κ3) is 2.31. The predicted octanol–water partition coefficient (Wildman–Crippen LogP) is 5.27. The maximum Gasteiger partial charge on any atom is 0.128 e. The van der Waals surface area contributed by atoms with Gasteiger partial charge in [-0.1, -0.05) is 30.0 Å². The summed E-state index contributed by atoms with van der Waals surface area (Å²) in [7, 11) is 0. The molecule has 0 bridgehead atoms.